The van der Waals surface area contributed by atoms with E-state index >= 15 is 0 Å². The van der Waals surface area contributed by atoms with Crippen LogP contribution in [0.5, 0.6) is 0 Å². The van der Waals surface area contributed by atoms with Crippen molar-refractivity contribution in [1.82, 2.24) is 0 Å². The van der Waals surface area contributed by atoms with Crippen molar-refractivity contribution in [3.8, 4) is 22.3 Å². The van der Waals surface area contributed by atoms with Crippen molar-refractivity contribution in [2.45, 2.75) is 0 Å². The summed E-state index contributed by atoms with van der Waals surface area (Å²) in [5, 5.41) is 5.20. The molecule has 0 amide bonds. The molecule has 8 aromatic rings. The molecule has 0 aliphatic heterocycles. The van der Waals surface area contributed by atoms with E-state index < -0.39 is 0 Å². The highest BCUT2D eigenvalue weighted by Gasteiger charge is 2.19. The molecule has 1 heterocycles. The van der Waals surface area contributed by atoms with E-state index in [0.717, 1.165) is 11.4 Å². The van der Waals surface area contributed by atoms with E-state index in [1.165, 1.54) is 58.9 Å². The van der Waals surface area contributed by atoms with E-state index in [9.17, 15) is 0 Å². The van der Waals surface area contributed by atoms with Gasteiger partial charge < -0.3 is 4.90 Å². The van der Waals surface area contributed by atoms with Crippen LogP contribution in [0.4, 0.5) is 17.1 Å². The zero-order valence-corrected chi connectivity index (χ0v) is 23.8. The molecule has 0 unspecified atom stereocenters. The number of thiophene rings is 1. The minimum atomic E-state index is 1.14. The van der Waals surface area contributed by atoms with Crippen LogP contribution in [-0.2, 0) is 0 Å². The van der Waals surface area contributed by atoms with Gasteiger partial charge in [0.05, 0.1) is 5.69 Å². The molecular weight excluding hydrogens is 527 g/mol. The first-order valence-corrected chi connectivity index (χ1v) is 15.1. The van der Waals surface area contributed by atoms with Gasteiger partial charge in [-0.1, -0.05) is 121 Å². The van der Waals surface area contributed by atoms with E-state index in [2.05, 4.69) is 169 Å². The maximum atomic E-state index is 2.40. The lowest BCUT2D eigenvalue weighted by Gasteiger charge is -2.26. The molecule has 0 radical (unpaired) electrons. The number of rotatable bonds is 5. The molecule has 0 saturated carbocycles. The third kappa shape index (κ3) is 4.25. The van der Waals surface area contributed by atoms with Crippen molar-refractivity contribution in [2.24, 2.45) is 0 Å². The van der Waals surface area contributed by atoms with Gasteiger partial charge in [-0.25, -0.2) is 0 Å². The SMILES string of the molecule is c1ccc(-c2cccc(-c3ccc(N(c4ccccc4)c4cccc5sc6c7ccccc7ccc6c45)cc3)c2)cc1. The first-order chi connectivity index (χ1) is 20.8. The van der Waals surface area contributed by atoms with Gasteiger partial charge in [0.15, 0.2) is 0 Å². The van der Waals surface area contributed by atoms with Gasteiger partial charge >= 0.3 is 0 Å². The maximum Gasteiger partial charge on any atom is 0.0554 e. The number of hydrogen-bond donors (Lipinski definition) is 0. The normalized spacial score (nSPS) is 11.3. The Balaban J connectivity index is 1.27. The van der Waals surface area contributed by atoms with Crippen LogP contribution in [0.2, 0.25) is 0 Å². The number of hydrogen-bond acceptors (Lipinski definition) is 2. The molecule has 0 spiro atoms. The molecule has 42 heavy (non-hydrogen) atoms. The molecule has 0 fully saturated rings. The number of nitrogens with zero attached hydrogens (tertiary/aromatic N) is 1. The average Bonchev–Trinajstić information content (AvgIpc) is 3.46. The van der Waals surface area contributed by atoms with Gasteiger partial charge in [-0.3, -0.25) is 0 Å². The largest absolute Gasteiger partial charge is 0.310 e. The predicted octanol–water partition coefficient (Wildman–Crippen LogP) is 12.0. The second-order valence-corrected chi connectivity index (χ2v) is 11.6. The molecule has 0 bridgehead atoms. The molecule has 1 aromatic heterocycles. The van der Waals surface area contributed by atoms with E-state index in [4.69, 9.17) is 0 Å². The highest BCUT2D eigenvalue weighted by molar-refractivity contribution is 7.26. The summed E-state index contributed by atoms with van der Waals surface area (Å²) in [6.45, 7) is 0. The Morgan fingerprint density at radius 2 is 1.02 bits per heavy atom. The summed E-state index contributed by atoms with van der Waals surface area (Å²) < 4.78 is 2.64. The molecule has 0 N–H and O–H groups in total. The maximum absolute atomic E-state index is 2.40. The highest BCUT2D eigenvalue weighted by atomic mass is 32.1. The van der Waals surface area contributed by atoms with Gasteiger partial charge in [-0.2, -0.15) is 0 Å². The standard InChI is InChI=1S/C40H27NS/c1-3-11-28(12-4-1)31-14-9-15-32(27-31)29-21-24-34(25-22-29)41(33-16-5-2-6-17-33)37-19-10-20-38-39(37)36-26-23-30-13-7-8-18-35(30)40(36)42-38/h1-27H. The minimum Gasteiger partial charge on any atom is -0.310 e. The molecule has 7 aromatic carbocycles. The fraction of sp³-hybridized carbons (Fsp3) is 0. The van der Waals surface area contributed by atoms with Crippen LogP contribution in [0.1, 0.15) is 0 Å². The summed E-state index contributed by atoms with van der Waals surface area (Å²) in [5.41, 5.74) is 8.35. The van der Waals surface area contributed by atoms with Crippen LogP contribution >= 0.6 is 11.3 Å². The molecule has 0 aliphatic rings. The molecule has 1 nitrogen and oxygen atoms in total. The second kappa shape index (κ2) is 10.3. The molecule has 0 atom stereocenters. The molecular formula is C40H27NS. The van der Waals surface area contributed by atoms with Gasteiger partial charge in [0, 0.05) is 31.5 Å². The Labute approximate surface area is 249 Å². The fourth-order valence-corrected chi connectivity index (χ4v) is 7.30. The van der Waals surface area contributed by atoms with E-state index in [1.54, 1.807) is 0 Å². The van der Waals surface area contributed by atoms with Gasteiger partial charge in [0.1, 0.15) is 0 Å². The number of para-hydroxylation sites is 1. The summed E-state index contributed by atoms with van der Waals surface area (Å²) in [6.07, 6.45) is 0. The summed E-state index contributed by atoms with van der Waals surface area (Å²) >= 11 is 1.89. The first-order valence-electron chi connectivity index (χ1n) is 14.3. The summed E-state index contributed by atoms with van der Waals surface area (Å²) in [5.74, 6) is 0. The molecule has 198 valence electrons. The molecule has 2 heteroatoms. The summed E-state index contributed by atoms with van der Waals surface area (Å²) in [7, 11) is 0. The topological polar surface area (TPSA) is 3.24 Å². The van der Waals surface area contributed by atoms with Crippen LogP contribution < -0.4 is 4.90 Å². The predicted molar refractivity (Wildman–Crippen MR) is 182 cm³/mol. The summed E-state index contributed by atoms with van der Waals surface area (Å²) in [6, 6.07) is 59.0. The monoisotopic (exact) mass is 553 g/mol. The Bertz CT molecular complexity index is 2180. The van der Waals surface area contributed by atoms with E-state index in [0.29, 0.717) is 0 Å². The van der Waals surface area contributed by atoms with E-state index in [1.807, 2.05) is 11.3 Å². The Hall–Kier alpha value is -5.18. The van der Waals surface area contributed by atoms with Crippen LogP contribution in [0.15, 0.2) is 164 Å². The lowest BCUT2D eigenvalue weighted by Crippen LogP contribution is -2.10. The Morgan fingerprint density at radius 3 is 1.81 bits per heavy atom. The quantitative estimate of drug-likeness (QED) is 0.205. The van der Waals surface area contributed by atoms with E-state index in [-0.39, 0.29) is 0 Å². The third-order valence-corrected chi connectivity index (χ3v) is 9.25. The fourth-order valence-electron chi connectivity index (χ4n) is 6.04. The number of benzene rings is 7. The number of anilines is 3. The average molecular weight is 554 g/mol. The second-order valence-electron chi connectivity index (χ2n) is 10.6. The van der Waals surface area contributed by atoms with Crippen molar-refractivity contribution in [3.05, 3.63) is 164 Å². The van der Waals surface area contributed by atoms with Crippen LogP contribution in [0, 0.1) is 0 Å². The number of fused-ring (bicyclic) bond motifs is 5. The Kier molecular flexibility index (Phi) is 6.05. The zero-order chi connectivity index (χ0) is 27.9. The van der Waals surface area contributed by atoms with Crippen LogP contribution in [-0.4, -0.2) is 0 Å². The summed E-state index contributed by atoms with van der Waals surface area (Å²) in [4.78, 5) is 2.40. The van der Waals surface area contributed by atoms with Crippen molar-refractivity contribution in [2.75, 3.05) is 4.90 Å². The lowest BCUT2D eigenvalue weighted by molar-refractivity contribution is 1.30. The lowest BCUT2D eigenvalue weighted by atomic mass is 9.99. The highest BCUT2D eigenvalue weighted by Crippen LogP contribution is 2.46. The Morgan fingerprint density at radius 1 is 0.405 bits per heavy atom. The van der Waals surface area contributed by atoms with Gasteiger partial charge in [0.2, 0.25) is 0 Å². The molecule has 8 rings (SSSR count). The minimum absolute atomic E-state index is 1.14. The molecule has 0 saturated heterocycles. The van der Waals surface area contributed by atoms with Gasteiger partial charge in [-0.15, -0.1) is 11.3 Å². The molecule has 0 aliphatic carbocycles. The van der Waals surface area contributed by atoms with Crippen molar-refractivity contribution < 1.29 is 0 Å². The van der Waals surface area contributed by atoms with Gasteiger partial charge in [0.25, 0.3) is 0 Å². The third-order valence-electron chi connectivity index (χ3n) is 8.05. The van der Waals surface area contributed by atoms with Crippen molar-refractivity contribution in [1.29, 1.82) is 0 Å². The van der Waals surface area contributed by atoms with Gasteiger partial charge in [-0.05, 0) is 75.5 Å². The van der Waals surface area contributed by atoms with Crippen LogP contribution in [0.3, 0.4) is 0 Å². The smallest absolute Gasteiger partial charge is 0.0554 e. The van der Waals surface area contributed by atoms with Crippen LogP contribution in [0.25, 0.3) is 53.2 Å². The first kappa shape index (κ1) is 24.6. The van der Waals surface area contributed by atoms with Crippen molar-refractivity contribution >= 4 is 59.3 Å². The van der Waals surface area contributed by atoms with Crippen molar-refractivity contribution in [3.63, 3.8) is 0 Å². The zero-order valence-electron chi connectivity index (χ0n) is 22.9.